The summed E-state index contributed by atoms with van der Waals surface area (Å²) in [5.41, 5.74) is 1.07. The van der Waals surface area contributed by atoms with Gasteiger partial charge in [0, 0.05) is 37.1 Å². The molecule has 2 aromatic carbocycles. The van der Waals surface area contributed by atoms with Gasteiger partial charge in [-0.05, 0) is 24.3 Å². The molecule has 0 aliphatic carbocycles. The molecule has 1 aromatic heterocycles. The van der Waals surface area contributed by atoms with Gasteiger partial charge in [0.15, 0.2) is 23.9 Å². The lowest BCUT2D eigenvalue weighted by Gasteiger charge is -2.10. The summed E-state index contributed by atoms with van der Waals surface area (Å²) in [6, 6.07) is 10.2. The zero-order valence-electron chi connectivity index (χ0n) is 18.2. The van der Waals surface area contributed by atoms with Crippen LogP contribution in [-0.4, -0.2) is 48.6 Å². The average molecular weight is 449 g/mol. The molecule has 0 atom stereocenters. The number of methoxy groups -OCH3 is 2. The van der Waals surface area contributed by atoms with Crippen molar-refractivity contribution in [1.82, 2.24) is 14.9 Å². The molecule has 0 unspecified atom stereocenters. The molecule has 1 aliphatic heterocycles. The van der Waals surface area contributed by atoms with E-state index in [-0.39, 0.29) is 24.1 Å². The summed E-state index contributed by atoms with van der Waals surface area (Å²) in [6.45, 7) is 0.927. The van der Waals surface area contributed by atoms with Crippen molar-refractivity contribution in [2.45, 2.75) is 6.54 Å². The Morgan fingerprint density at radius 3 is 2.85 bits per heavy atom. The summed E-state index contributed by atoms with van der Waals surface area (Å²) >= 11 is 0. The molecular formula is C24H23N3O6. The molecule has 0 radical (unpaired) electrons. The van der Waals surface area contributed by atoms with Gasteiger partial charge in [-0.15, -0.1) is 0 Å². The molecule has 9 nitrogen and oxygen atoms in total. The van der Waals surface area contributed by atoms with Crippen molar-refractivity contribution in [3.8, 4) is 23.0 Å². The number of para-hydroxylation sites is 1. The van der Waals surface area contributed by atoms with Crippen LogP contribution in [0.25, 0.3) is 6.08 Å². The lowest BCUT2D eigenvalue weighted by Crippen LogP contribution is -2.31. The van der Waals surface area contributed by atoms with E-state index in [0.29, 0.717) is 47.2 Å². The maximum absolute atomic E-state index is 12.8. The van der Waals surface area contributed by atoms with Crippen molar-refractivity contribution in [2.24, 2.45) is 0 Å². The van der Waals surface area contributed by atoms with Crippen LogP contribution in [0, 0.1) is 0 Å². The molecule has 2 heterocycles. The second-order valence-electron chi connectivity index (χ2n) is 7.12. The van der Waals surface area contributed by atoms with E-state index in [1.165, 1.54) is 7.11 Å². The fourth-order valence-corrected chi connectivity index (χ4v) is 3.37. The molecule has 3 aromatic rings. The Kier molecular flexibility index (Phi) is 6.58. The number of fused-ring (bicyclic) bond motifs is 1. The summed E-state index contributed by atoms with van der Waals surface area (Å²) in [5.74, 6) is 1.50. The Morgan fingerprint density at radius 2 is 2.09 bits per heavy atom. The topological polar surface area (TPSA) is 101 Å². The monoisotopic (exact) mass is 449 g/mol. The zero-order chi connectivity index (χ0) is 23.2. The highest BCUT2D eigenvalue weighted by molar-refractivity contribution is 6.14. The first-order valence-corrected chi connectivity index (χ1v) is 10.2. The fourth-order valence-electron chi connectivity index (χ4n) is 3.37. The number of nitrogens with one attached hydrogen (secondary N) is 1. The Labute approximate surface area is 190 Å². The van der Waals surface area contributed by atoms with E-state index in [1.807, 2.05) is 10.8 Å². The lowest BCUT2D eigenvalue weighted by molar-refractivity contribution is -0.123. The fraction of sp³-hybridized carbons (Fsp3) is 0.208. The van der Waals surface area contributed by atoms with Crippen LogP contribution in [0.1, 0.15) is 15.9 Å². The van der Waals surface area contributed by atoms with E-state index in [1.54, 1.807) is 62.1 Å². The second-order valence-corrected chi connectivity index (χ2v) is 7.12. The minimum atomic E-state index is -0.252. The van der Waals surface area contributed by atoms with E-state index in [4.69, 9.17) is 18.9 Å². The number of aromatic nitrogens is 2. The second kappa shape index (κ2) is 9.90. The molecule has 1 amide bonds. The van der Waals surface area contributed by atoms with Gasteiger partial charge in [-0.25, -0.2) is 4.98 Å². The highest BCUT2D eigenvalue weighted by Crippen LogP contribution is 2.37. The molecule has 170 valence electrons. The first-order valence-electron chi connectivity index (χ1n) is 10.2. The number of rotatable bonds is 9. The van der Waals surface area contributed by atoms with Crippen LogP contribution in [0.15, 0.2) is 60.9 Å². The van der Waals surface area contributed by atoms with Gasteiger partial charge in [-0.2, -0.15) is 0 Å². The van der Waals surface area contributed by atoms with Gasteiger partial charge in [0.1, 0.15) is 11.5 Å². The lowest BCUT2D eigenvalue weighted by atomic mass is 10.1. The highest BCUT2D eigenvalue weighted by Gasteiger charge is 2.28. The Bertz CT molecular complexity index is 1190. The standard InChI is InChI=1S/C24H23N3O6/c1-30-19-5-3-4-16(24(19)31-2)12-21-23(29)18-7-6-17(13-20(18)33-21)32-14-22(28)26-9-11-27-10-8-25-15-27/h3-8,10,12-13,15H,9,11,14H2,1-2H3,(H,26,28)/b21-12-. The van der Waals surface area contributed by atoms with Crippen molar-refractivity contribution < 1.29 is 28.5 Å². The number of ketones is 1. The minimum absolute atomic E-state index is 0.152. The smallest absolute Gasteiger partial charge is 0.258 e. The van der Waals surface area contributed by atoms with Crippen LogP contribution in [-0.2, 0) is 11.3 Å². The number of hydrogen-bond acceptors (Lipinski definition) is 7. The molecule has 0 saturated carbocycles. The molecule has 0 fully saturated rings. The van der Waals surface area contributed by atoms with E-state index in [0.717, 1.165) is 0 Å². The molecule has 9 heteroatoms. The number of carbonyl (C=O) groups is 2. The zero-order valence-corrected chi connectivity index (χ0v) is 18.2. The maximum atomic E-state index is 12.8. The molecule has 4 rings (SSSR count). The first-order chi connectivity index (χ1) is 16.1. The number of benzene rings is 2. The number of carbonyl (C=O) groups excluding carboxylic acids is 2. The predicted molar refractivity (Wildman–Crippen MR) is 120 cm³/mol. The molecule has 0 spiro atoms. The third kappa shape index (κ3) is 4.98. The summed E-state index contributed by atoms with van der Waals surface area (Å²) in [5, 5.41) is 2.78. The largest absolute Gasteiger partial charge is 0.493 e. The number of ether oxygens (including phenoxy) is 4. The van der Waals surface area contributed by atoms with Gasteiger partial charge in [-0.3, -0.25) is 9.59 Å². The summed E-state index contributed by atoms with van der Waals surface area (Å²) in [7, 11) is 3.08. The van der Waals surface area contributed by atoms with Crippen LogP contribution >= 0.6 is 0 Å². The van der Waals surface area contributed by atoms with Crippen LogP contribution in [0.2, 0.25) is 0 Å². The van der Waals surface area contributed by atoms with Gasteiger partial charge in [0.2, 0.25) is 5.78 Å². The Balaban J connectivity index is 1.39. The first kappa shape index (κ1) is 21.9. The van der Waals surface area contributed by atoms with Crippen molar-refractivity contribution >= 4 is 17.8 Å². The van der Waals surface area contributed by atoms with Crippen molar-refractivity contribution in [2.75, 3.05) is 27.4 Å². The van der Waals surface area contributed by atoms with Crippen LogP contribution in [0.4, 0.5) is 0 Å². The number of nitrogens with zero attached hydrogens (tertiary/aromatic N) is 2. The number of Topliss-reactive ketones (excluding diaryl/α,β-unsaturated/α-hetero) is 1. The number of amides is 1. The third-order valence-electron chi connectivity index (χ3n) is 4.98. The predicted octanol–water partition coefficient (Wildman–Crippen LogP) is 2.71. The molecule has 33 heavy (non-hydrogen) atoms. The highest BCUT2D eigenvalue weighted by atomic mass is 16.5. The van der Waals surface area contributed by atoms with Gasteiger partial charge < -0.3 is 28.8 Å². The van der Waals surface area contributed by atoms with Gasteiger partial charge in [0.05, 0.1) is 26.1 Å². The molecular weight excluding hydrogens is 426 g/mol. The van der Waals surface area contributed by atoms with Crippen molar-refractivity contribution in [3.63, 3.8) is 0 Å². The van der Waals surface area contributed by atoms with Crippen LogP contribution in [0.3, 0.4) is 0 Å². The van der Waals surface area contributed by atoms with E-state index in [9.17, 15) is 9.59 Å². The number of imidazole rings is 1. The van der Waals surface area contributed by atoms with Crippen molar-refractivity contribution in [3.05, 3.63) is 72.0 Å². The molecule has 1 N–H and O–H groups in total. The minimum Gasteiger partial charge on any atom is -0.493 e. The van der Waals surface area contributed by atoms with Crippen LogP contribution in [0.5, 0.6) is 23.0 Å². The van der Waals surface area contributed by atoms with E-state index >= 15 is 0 Å². The van der Waals surface area contributed by atoms with E-state index in [2.05, 4.69) is 10.3 Å². The third-order valence-corrected chi connectivity index (χ3v) is 4.98. The van der Waals surface area contributed by atoms with Crippen molar-refractivity contribution in [1.29, 1.82) is 0 Å². The Morgan fingerprint density at radius 1 is 1.21 bits per heavy atom. The Hall–Kier alpha value is -4.27. The quantitative estimate of drug-likeness (QED) is 0.501. The SMILES string of the molecule is COc1cccc(/C=C2\Oc3cc(OCC(=O)NCCn4ccnc4)ccc3C2=O)c1OC. The van der Waals surface area contributed by atoms with Gasteiger partial charge in [0.25, 0.3) is 5.91 Å². The summed E-state index contributed by atoms with van der Waals surface area (Å²) in [4.78, 5) is 28.7. The normalized spacial score (nSPS) is 13.4. The molecule has 1 aliphatic rings. The van der Waals surface area contributed by atoms with Gasteiger partial charge >= 0.3 is 0 Å². The maximum Gasteiger partial charge on any atom is 0.258 e. The van der Waals surface area contributed by atoms with Gasteiger partial charge in [-0.1, -0.05) is 12.1 Å². The number of allylic oxidation sites excluding steroid dienone is 1. The summed E-state index contributed by atoms with van der Waals surface area (Å²) < 4.78 is 23.9. The summed E-state index contributed by atoms with van der Waals surface area (Å²) in [6.07, 6.45) is 6.79. The molecule has 0 saturated heterocycles. The van der Waals surface area contributed by atoms with Crippen LogP contribution < -0.4 is 24.3 Å². The molecule has 0 bridgehead atoms. The number of hydrogen-bond donors (Lipinski definition) is 1. The van der Waals surface area contributed by atoms with E-state index < -0.39 is 0 Å². The average Bonchev–Trinajstić information content (AvgIpc) is 3.45.